The Balaban J connectivity index is 1.79. The Morgan fingerprint density at radius 2 is 1.58 bits per heavy atom. The third-order valence-electron chi connectivity index (χ3n) is 3.97. The van der Waals surface area contributed by atoms with Gasteiger partial charge in [-0.25, -0.2) is 0 Å². The molecule has 26 heavy (non-hydrogen) atoms. The van der Waals surface area contributed by atoms with E-state index in [1.54, 1.807) is 55.8 Å². The highest BCUT2D eigenvalue weighted by atomic mass is 16.5. The zero-order chi connectivity index (χ0) is 18.5. The zero-order valence-corrected chi connectivity index (χ0v) is 14.5. The molecule has 0 aliphatic carbocycles. The molecule has 5 nitrogen and oxygen atoms in total. The molecular formula is C21H18N2O3. The molecule has 0 spiro atoms. The first-order valence-electron chi connectivity index (χ1n) is 8.08. The van der Waals surface area contributed by atoms with E-state index in [1.165, 1.54) is 13.1 Å². The van der Waals surface area contributed by atoms with E-state index in [0.29, 0.717) is 16.8 Å². The summed E-state index contributed by atoms with van der Waals surface area (Å²) in [6.07, 6.45) is 3.21. The standard InChI is InChI=1S/C21H18N2O3/c1-14(24)15-3-5-16(6-4-15)17-11-18(13-22-12-17)21(25)23-19-7-9-20(26-2)10-8-19/h3-13H,1-2H3,(H,23,25). The molecule has 1 N–H and O–H groups in total. The normalized spacial score (nSPS) is 10.2. The van der Waals surface area contributed by atoms with Crippen LogP contribution in [0.4, 0.5) is 5.69 Å². The van der Waals surface area contributed by atoms with Gasteiger partial charge in [0.15, 0.2) is 5.78 Å². The van der Waals surface area contributed by atoms with Gasteiger partial charge in [0.2, 0.25) is 0 Å². The fourth-order valence-corrected chi connectivity index (χ4v) is 2.50. The first-order chi connectivity index (χ1) is 12.6. The summed E-state index contributed by atoms with van der Waals surface area (Å²) >= 11 is 0. The van der Waals surface area contributed by atoms with Gasteiger partial charge in [0.1, 0.15) is 5.75 Å². The maximum atomic E-state index is 12.5. The average Bonchev–Trinajstić information content (AvgIpc) is 2.68. The molecule has 3 rings (SSSR count). The Labute approximate surface area is 151 Å². The van der Waals surface area contributed by atoms with Crippen LogP contribution in [-0.2, 0) is 0 Å². The van der Waals surface area contributed by atoms with Crippen molar-refractivity contribution in [3.8, 4) is 16.9 Å². The van der Waals surface area contributed by atoms with Gasteiger partial charge < -0.3 is 10.1 Å². The van der Waals surface area contributed by atoms with Crippen molar-refractivity contribution in [1.29, 1.82) is 0 Å². The molecule has 0 aliphatic heterocycles. The number of anilines is 1. The summed E-state index contributed by atoms with van der Waals surface area (Å²) in [6.45, 7) is 1.53. The summed E-state index contributed by atoms with van der Waals surface area (Å²) in [5, 5.41) is 2.83. The van der Waals surface area contributed by atoms with Gasteiger partial charge in [-0.1, -0.05) is 24.3 Å². The number of amides is 1. The van der Waals surface area contributed by atoms with Gasteiger partial charge in [0, 0.05) is 29.2 Å². The lowest BCUT2D eigenvalue weighted by atomic mass is 10.0. The Kier molecular flexibility index (Phi) is 5.08. The van der Waals surface area contributed by atoms with Crippen molar-refractivity contribution in [3.05, 3.63) is 78.1 Å². The monoisotopic (exact) mass is 346 g/mol. The third kappa shape index (κ3) is 3.95. The number of ether oxygens (including phenoxy) is 1. The van der Waals surface area contributed by atoms with Crippen molar-refractivity contribution >= 4 is 17.4 Å². The van der Waals surface area contributed by atoms with Gasteiger partial charge in [-0.3, -0.25) is 14.6 Å². The number of benzene rings is 2. The first-order valence-corrected chi connectivity index (χ1v) is 8.08. The number of carbonyl (C=O) groups excluding carboxylic acids is 2. The van der Waals surface area contributed by atoms with Crippen LogP contribution in [0, 0.1) is 0 Å². The predicted molar refractivity (Wildman–Crippen MR) is 101 cm³/mol. The number of carbonyl (C=O) groups is 2. The second kappa shape index (κ2) is 7.61. The van der Waals surface area contributed by atoms with Gasteiger partial charge in [-0.2, -0.15) is 0 Å². The van der Waals surface area contributed by atoms with Crippen LogP contribution in [0.5, 0.6) is 5.75 Å². The number of rotatable bonds is 5. The van der Waals surface area contributed by atoms with Gasteiger partial charge in [0.25, 0.3) is 5.91 Å². The molecule has 0 aliphatic rings. The Morgan fingerprint density at radius 3 is 2.19 bits per heavy atom. The first kappa shape index (κ1) is 17.4. The molecule has 2 aromatic carbocycles. The van der Waals surface area contributed by atoms with Gasteiger partial charge in [-0.05, 0) is 42.8 Å². The molecule has 1 amide bonds. The highest BCUT2D eigenvalue weighted by Gasteiger charge is 2.09. The number of aromatic nitrogens is 1. The molecule has 0 atom stereocenters. The molecular weight excluding hydrogens is 328 g/mol. The highest BCUT2D eigenvalue weighted by molar-refractivity contribution is 6.04. The fraction of sp³-hybridized carbons (Fsp3) is 0.0952. The molecule has 0 saturated carbocycles. The van der Waals surface area contributed by atoms with Crippen molar-refractivity contribution < 1.29 is 14.3 Å². The number of hydrogen-bond donors (Lipinski definition) is 1. The zero-order valence-electron chi connectivity index (χ0n) is 14.5. The number of hydrogen-bond acceptors (Lipinski definition) is 4. The number of Topliss-reactive ketones (excluding diaryl/α,β-unsaturated/α-hetero) is 1. The Hall–Kier alpha value is -3.47. The van der Waals surface area contributed by atoms with E-state index in [-0.39, 0.29) is 11.7 Å². The number of nitrogens with one attached hydrogen (secondary N) is 1. The summed E-state index contributed by atoms with van der Waals surface area (Å²) in [5.41, 5.74) is 3.47. The van der Waals surface area contributed by atoms with E-state index >= 15 is 0 Å². The average molecular weight is 346 g/mol. The van der Waals surface area contributed by atoms with Crippen LogP contribution in [0.25, 0.3) is 11.1 Å². The number of methoxy groups -OCH3 is 1. The quantitative estimate of drug-likeness (QED) is 0.703. The van der Waals surface area contributed by atoms with Crippen molar-refractivity contribution in [1.82, 2.24) is 4.98 Å². The molecule has 130 valence electrons. The molecule has 1 heterocycles. The number of nitrogens with zero attached hydrogens (tertiary/aromatic N) is 1. The highest BCUT2D eigenvalue weighted by Crippen LogP contribution is 2.21. The second-order valence-corrected chi connectivity index (χ2v) is 5.78. The minimum absolute atomic E-state index is 0.0160. The van der Waals surface area contributed by atoms with Gasteiger partial charge >= 0.3 is 0 Å². The molecule has 0 radical (unpaired) electrons. The maximum Gasteiger partial charge on any atom is 0.257 e. The maximum absolute atomic E-state index is 12.5. The lowest BCUT2D eigenvalue weighted by Gasteiger charge is -2.08. The summed E-state index contributed by atoms with van der Waals surface area (Å²) in [4.78, 5) is 28.0. The summed E-state index contributed by atoms with van der Waals surface area (Å²) in [6, 6.07) is 16.1. The second-order valence-electron chi connectivity index (χ2n) is 5.78. The molecule has 5 heteroatoms. The van der Waals surface area contributed by atoms with Crippen LogP contribution in [0.1, 0.15) is 27.6 Å². The Morgan fingerprint density at radius 1 is 0.885 bits per heavy atom. The van der Waals surface area contributed by atoms with Crippen molar-refractivity contribution in [2.75, 3.05) is 12.4 Å². The SMILES string of the molecule is COc1ccc(NC(=O)c2cncc(-c3ccc(C(C)=O)cc3)c2)cc1. The summed E-state index contributed by atoms with van der Waals surface area (Å²) < 4.78 is 5.10. The van der Waals surface area contributed by atoms with E-state index in [9.17, 15) is 9.59 Å². The smallest absolute Gasteiger partial charge is 0.257 e. The van der Waals surface area contributed by atoms with Crippen LogP contribution in [0.15, 0.2) is 67.0 Å². The van der Waals surface area contributed by atoms with Crippen molar-refractivity contribution in [3.63, 3.8) is 0 Å². The summed E-state index contributed by atoms with van der Waals surface area (Å²) in [7, 11) is 1.59. The van der Waals surface area contributed by atoms with E-state index in [0.717, 1.165) is 16.9 Å². The molecule has 3 aromatic rings. The molecule has 0 saturated heterocycles. The van der Waals surface area contributed by atoms with Crippen LogP contribution in [0.2, 0.25) is 0 Å². The van der Waals surface area contributed by atoms with Crippen LogP contribution in [-0.4, -0.2) is 23.8 Å². The molecule has 1 aromatic heterocycles. The molecule has 0 bridgehead atoms. The largest absolute Gasteiger partial charge is 0.497 e. The minimum atomic E-state index is -0.245. The van der Waals surface area contributed by atoms with Crippen LogP contribution in [0.3, 0.4) is 0 Å². The van der Waals surface area contributed by atoms with Crippen LogP contribution >= 0.6 is 0 Å². The predicted octanol–water partition coefficient (Wildman–Crippen LogP) is 4.21. The van der Waals surface area contributed by atoms with E-state index in [1.807, 2.05) is 12.1 Å². The lowest BCUT2D eigenvalue weighted by molar-refractivity contribution is 0.101. The Bertz CT molecular complexity index is 932. The lowest BCUT2D eigenvalue weighted by Crippen LogP contribution is -2.12. The summed E-state index contributed by atoms with van der Waals surface area (Å²) in [5.74, 6) is 0.493. The van der Waals surface area contributed by atoms with E-state index < -0.39 is 0 Å². The number of pyridine rings is 1. The third-order valence-corrected chi connectivity index (χ3v) is 3.97. The number of ketones is 1. The molecule has 0 unspecified atom stereocenters. The van der Waals surface area contributed by atoms with Gasteiger partial charge in [-0.15, -0.1) is 0 Å². The molecule has 0 fully saturated rings. The van der Waals surface area contributed by atoms with Crippen molar-refractivity contribution in [2.24, 2.45) is 0 Å². The fourth-order valence-electron chi connectivity index (χ4n) is 2.50. The van der Waals surface area contributed by atoms with Crippen LogP contribution < -0.4 is 10.1 Å². The van der Waals surface area contributed by atoms with E-state index in [2.05, 4.69) is 10.3 Å². The van der Waals surface area contributed by atoms with Gasteiger partial charge in [0.05, 0.1) is 12.7 Å². The van der Waals surface area contributed by atoms with E-state index in [4.69, 9.17) is 4.74 Å². The topological polar surface area (TPSA) is 68.3 Å². The minimum Gasteiger partial charge on any atom is -0.497 e. The van der Waals surface area contributed by atoms with Crippen molar-refractivity contribution in [2.45, 2.75) is 6.92 Å².